The number of nitrogens with zero attached hydrogens (tertiary/aromatic N) is 2. The molecule has 0 fully saturated rings. The summed E-state index contributed by atoms with van der Waals surface area (Å²) in [6.07, 6.45) is 1.12. The predicted octanol–water partition coefficient (Wildman–Crippen LogP) is -0.539. The van der Waals surface area contributed by atoms with E-state index in [2.05, 4.69) is 10.2 Å². The molecule has 0 bridgehead atoms. The van der Waals surface area contributed by atoms with E-state index in [0.717, 1.165) is 12.3 Å². The van der Waals surface area contributed by atoms with Gasteiger partial charge in [-0.15, -0.1) is 5.10 Å². The van der Waals surface area contributed by atoms with Gasteiger partial charge in [-0.2, -0.15) is 13.5 Å². The van der Waals surface area contributed by atoms with Gasteiger partial charge in [0.25, 0.3) is 10.1 Å². The van der Waals surface area contributed by atoms with Crippen molar-refractivity contribution in [3.8, 4) is 0 Å². The molecule has 1 heterocycles. The van der Waals surface area contributed by atoms with Crippen LogP contribution < -0.4 is 0 Å². The average Bonchev–Trinajstić information content (AvgIpc) is 1.86. The molecule has 0 atom stereocenters. The van der Waals surface area contributed by atoms with E-state index in [1.807, 2.05) is 0 Å². The van der Waals surface area contributed by atoms with Gasteiger partial charge in [0.1, 0.15) is 4.90 Å². The number of hydrogen-bond acceptors (Lipinski definition) is 4. The van der Waals surface area contributed by atoms with Crippen molar-refractivity contribution >= 4 is 59.5 Å². The summed E-state index contributed by atoms with van der Waals surface area (Å²) in [5.41, 5.74) is 0. The van der Waals surface area contributed by atoms with Gasteiger partial charge in [-0.05, 0) is 6.07 Å². The van der Waals surface area contributed by atoms with E-state index in [4.69, 9.17) is 16.2 Å². The van der Waals surface area contributed by atoms with Gasteiger partial charge in [0, 0.05) is 0 Å². The Labute approximate surface area is 104 Å². The summed E-state index contributed by atoms with van der Waals surface area (Å²) in [5.74, 6) is 0. The predicted molar refractivity (Wildman–Crippen MR) is 45.4 cm³/mol. The minimum absolute atomic E-state index is 0. The Morgan fingerprint density at radius 2 is 2.08 bits per heavy atom. The Balaban J connectivity index is 0.00000121. The molecule has 0 aliphatic carbocycles. The van der Waals surface area contributed by atoms with Crippen LogP contribution in [0.2, 0.25) is 5.15 Å². The molecule has 0 unspecified atom stereocenters. The van der Waals surface area contributed by atoms with Crippen LogP contribution in [0.4, 0.5) is 0 Å². The number of hydrogen-bond donors (Lipinski definition) is 1. The molecule has 0 radical (unpaired) electrons. The molecule has 5 nitrogen and oxygen atoms in total. The van der Waals surface area contributed by atoms with E-state index in [0.29, 0.717) is 0 Å². The molecule has 0 aliphatic rings. The third kappa shape index (κ3) is 3.12. The molecule has 0 spiro atoms. The standard InChI is InChI=1S/C4H3ClN2O3S.Ca.2H/c5-4-3(11(8,9)10)1-2-6-7-4;;;/h1-2H,(H,8,9,10);;;. The fourth-order valence-electron chi connectivity index (χ4n) is 0.496. The quantitative estimate of drug-likeness (QED) is 0.523. The molecule has 0 saturated carbocycles. The van der Waals surface area contributed by atoms with Crippen LogP contribution in [0, 0.1) is 0 Å². The van der Waals surface area contributed by atoms with Crippen molar-refractivity contribution in [2.24, 2.45) is 0 Å². The fraction of sp³-hybridized carbons (Fsp3) is 0. The molecule has 0 aliphatic heterocycles. The Morgan fingerprint density at radius 1 is 1.50 bits per heavy atom. The van der Waals surface area contributed by atoms with E-state index in [9.17, 15) is 8.42 Å². The van der Waals surface area contributed by atoms with Crippen molar-refractivity contribution in [2.45, 2.75) is 4.90 Å². The zero-order valence-corrected chi connectivity index (χ0v) is 6.67. The Kier molecular flexibility index (Phi) is 4.90. The third-order valence-electron chi connectivity index (χ3n) is 0.919. The second kappa shape index (κ2) is 4.69. The van der Waals surface area contributed by atoms with Crippen LogP contribution in [0.3, 0.4) is 0 Å². The summed E-state index contributed by atoms with van der Waals surface area (Å²) in [5, 5.41) is 6.18. The molecule has 1 aromatic heterocycles. The first kappa shape index (κ1) is 12.5. The Morgan fingerprint density at radius 3 is 2.42 bits per heavy atom. The van der Waals surface area contributed by atoms with E-state index in [1.165, 1.54) is 0 Å². The number of rotatable bonds is 1. The molecule has 1 aromatic rings. The van der Waals surface area contributed by atoms with Gasteiger partial charge in [-0.3, -0.25) is 4.55 Å². The van der Waals surface area contributed by atoms with Gasteiger partial charge in [0.05, 0.1) is 6.20 Å². The van der Waals surface area contributed by atoms with E-state index < -0.39 is 15.0 Å². The topological polar surface area (TPSA) is 80.2 Å². The van der Waals surface area contributed by atoms with Gasteiger partial charge in [0.2, 0.25) is 0 Å². The van der Waals surface area contributed by atoms with E-state index >= 15 is 0 Å². The van der Waals surface area contributed by atoms with Crippen molar-refractivity contribution in [2.75, 3.05) is 0 Å². The van der Waals surface area contributed by atoms with Crippen LogP contribution in [-0.4, -0.2) is 60.9 Å². The molecule has 8 heteroatoms. The molecule has 0 aromatic carbocycles. The van der Waals surface area contributed by atoms with Gasteiger partial charge < -0.3 is 0 Å². The van der Waals surface area contributed by atoms with Crippen molar-refractivity contribution in [1.29, 1.82) is 0 Å². The van der Waals surface area contributed by atoms with Crippen molar-refractivity contribution in [1.82, 2.24) is 10.2 Å². The fourth-order valence-corrected chi connectivity index (χ4v) is 1.38. The van der Waals surface area contributed by atoms with E-state index in [1.54, 1.807) is 0 Å². The van der Waals surface area contributed by atoms with Crippen LogP contribution in [-0.2, 0) is 10.1 Å². The Bertz CT molecular complexity index is 368. The summed E-state index contributed by atoms with van der Waals surface area (Å²) in [6, 6.07) is 1.06. The molecule has 12 heavy (non-hydrogen) atoms. The minimum atomic E-state index is -4.27. The second-order valence-electron chi connectivity index (χ2n) is 1.66. The molecular weight excluding hydrogens is 232 g/mol. The van der Waals surface area contributed by atoms with Crippen LogP contribution >= 0.6 is 11.6 Å². The van der Waals surface area contributed by atoms with E-state index in [-0.39, 0.29) is 42.9 Å². The van der Waals surface area contributed by atoms with Gasteiger partial charge in [0.15, 0.2) is 5.15 Å². The van der Waals surface area contributed by atoms with Gasteiger partial charge >= 0.3 is 37.7 Å². The maximum absolute atomic E-state index is 10.5. The zero-order chi connectivity index (χ0) is 8.48. The molecular formula is C4H5CaClN2O3S. The molecule has 0 saturated heterocycles. The normalized spacial score (nSPS) is 10.5. The molecule has 1 N–H and O–H groups in total. The first-order valence-corrected chi connectivity index (χ1v) is 4.28. The van der Waals surface area contributed by atoms with Crippen LogP contribution in [0.1, 0.15) is 0 Å². The maximum atomic E-state index is 10.5. The van der Waals surface area contributed by atoms with Crippen LogP contribution in [0.25, 0.3) is 0 Å². The number of halogens is 1. The van der Waals surface area contributed by atoms with Crippen molar-refractivity contribution in [3.05, 3.63) is 17.4 Å². The summed E-state index contributed by atoms with van der Waals surface area (Å²) in [7, 11) is -4.27. The van der Waals surface area contributed by atoms with Crippen molar-refractivity contribution in [3.63, 3.8) is 0 Å². The summed E-state index contributed by atoms with van der Waals surface area (Å²) in [6.45, 7) is 0. The summed E-state index contributed by atoms with van der Waals surface area (Å²) < 4.78 is 29.4. The first-order valence-electron chi connectivity index (χ1n) is 2.46. The number of aromatic nitrogens is 2. The molecule has 1 rings (SSSR count). The second-order valence-corrected chi connectivity index (χ2v) is 3.41. The van der Waals surface area contributed by atoms with Gasteiger partial charge in [-0.1, -0.05) is 11.6 Å². The van der Waals surface area contributed by atoms with Crippen LogP contribution in [0.15, 0.2) is 17.2 Å². The molecule has 0 amide bonds. The van der Waals surface area contributed by atoms with Gasteiger partial charge in [-0.25, -0.2) is 0 Å². The zero-order valence-electron chi connectivity index (χ0n) is 5.10. The van der Waals surface area contributed by atoms with Crippen molar-refractivity contribution < 1.29 is 13.0 Å². The molecule has 64 valence electrons. The summed E-state index contributed by atoms with van der Waals surface area (Å²) in [4.78, 5) is -0.436. The Hall–Kier alpha value is 0.540. The average molecular weight is 237 g/mol. The third-order valence-corrected chi connectivity index (χ3v) is 2.20. The SMILES string of the molecule is O=S(=O)(O)c1ccnnc1Cl.[CaH2]. The van der Waals surface area contributed by atoms with Crippen LogP contribution in [0.5, 0.6) is 0 Å². The first-order chi connectivity index (χ1) is 5.02. The summed E-state index contributed by atoms with van der Waals surface area (Å²) >= 11 is 5.30. The monoisotopic (exact) mass is 236 g/mol.